The summed E-state index contributed by atoms with van der Waals surface area (Å²) < 4.78 is 0. The zero-order valence-corrected chi connectivity index (χ0v) is 7.73. The normalized spacial score (nSPS) is 17.1. The minimum absolute atomic E-state index is 0.0877. The van der Waals surface area contributed by atoms with Crippen molar-refractivity contribution in [2.75, 3.05) is 0 Å². The lowest BCUT2D eigenvalue weighted by Gasteiger charge is -2.08. The van der Waals surface area contributed by atoms with E-state index < -0.39 is 17.3 Å². The Kier molecular flexibility index (Phi) is 2.10. The van der Waals surface area contributed by atoms with Gasteiger partial charge in [0.1, 0.15) is 5.41 Å². The molecule has 1 aromatic heterocycles. The van der Waals surface area contributed by atoms with Gasteiger partial charge < -0.3 is 10.4 Å². The summed E-state index contributed by atoms with van der Waals surface area (Å²) in [5.74, 6) is -1.24. The van der Waals surface area contributed by atoms with Gasteiger partial charge in [-0.15, -0.1) is 10.2 Å². The highest BCUT2D eigenvalue weighted by Crippen LogP contribution is 2.46. The molecule has 1 aromatic rings. The van der Waals surface area contributed by atoms with Crippen molar-refractivity contribution >= 4 is 11.9 Å². The first-order chi connectivity index (χ1) is 7.15. The Morgan fingerprint density at radius 1 is 1.53 bits per heavy atom. The van der Waals surface area contributed by atoms with Crippen molar-refractivity contribution < 1.29 is 14.7 Å². The average Bonchev–Trinajstić information content (AvgIpc) is 2.87. The summed E-state index contributed by atoms with van der Waals surface area (Å²) in [5.41, 5.74) is -1.22. The number of carbonyl (C=O) groups is 2. The maximum Gasteiger partial charge on any atom is 0.319 e. The van der Waals surface area contributed by atoms with Gasteiger partial charge in [-0.2, -0.15) is 5.21 Å². The molecular formula is C7H9N5O3. The van der Waals surface area contributed by atoms with Gasteiger partial charge in [0.2, 0.25) is 5.91 Å². The number of aliphatic carboxylic acids is 1. The van der Waals surface area contributed by atoms with E-state index in [1.165, 1.54) is 0 Å². The summed E-state index contributed by atoms with van der Waals surface area (Å²) in [6.45, 7) is 0.0877. The second-order valence-electron chi connectivity index (χ2n) is 3.40. The molecule has 1 fully saturated rings. The molecule has 1 heterocycles. The van der Waals surface area contributed by atoms with Crippen LogP contribution in [0, 0.1) is 5.41 Å². The molecule has 0 radical (unpaired) electrons. The first-order valence-corrected chi connectivity index (χ1v) is 4.39. The fraction of sp³-hybridized carbons (Fsp3) is 0.571. The highest BCUT2D eigenvalue weighted by Gasteiger charge is 2.56. The zero-order valence-electron chi connectivity index (χ0n) is 7.73. The van der Waals surface area contributed by atoms with E-state index in [1.807, 2.05) is 0 Å². The number of aromatic amines is 1. The molecule has 15 heavy (non-hydrogen) atoms. The van der Waals surface area contributed by atoms with Gasteiger partial charge in [0.25, 0.3) is 0 Å². The summed E-state index contributed by atoms with van der Waals surface area (Å²) in [5, 5.41) is 24.1. The number of tetrazole rings is 1. The molecule has 80 valence electrons. The average molecular weight is 211 g/mol. The molecule has 8 heteroatoms. The van der Waals surface area contributed by atoms with Crippen LogP contribution in [0.2, 0.25) is 0 Å². The molecule has 0 aliphatic heterocycles. The number of hydrogen-bond donors (Lipinski definition) is 3. The SMILES string of the molecule is O=C(O)C1(C(=O)NCc2nn[nH]n2)CC1. The summed E-state index contributed by atoms with van der Waals surface area (Å²) >= 11 is 0. The third kappa shape index (κ3) is 1.65. The number of carbonyl (C=O) groups excluding carboxylic acids is 1. The lowest BCUT2D eigenvalue weighted by atomic mass is 10.1. The molecule has 3 N–H and O–H groups in total. The maximum absolute atomic E-state index is 11.5. The van der Waals surface area contributed by atoms with Crippen molar-refractivity contribution in [3.8, 4) is 0 Å². The highest BCUT2D eigenvalue weighted by molar-refractivity contribution is 6.04. The number of nitrogens with one attached hydrogen (secondary N) is 2. The van der Waals surface area contributed by atoms with E-state index in [1.54, 1.807) is 0 Å². The van der Waals surface area contributed by atoms with Gasteiger partial charge in [-0.05, 0) is 12.8 Å². The Morgan fingerprint density at radius 2 is 2.27 bits per heavy atom. The number of H-pyrrole nitrogens is 1. The third-order valence-corrected chi connectivity index (χ3v) is 2.39. The summed E-state index contributed by atoms with van der Waals surface area (Å²) in [4.78, 5) is 22.3. The second kappa shape index (κ2) is 3.30. The van der Waals surface area contributed by atoms with Gasteiger partial charge in [0, 0.05) is 0 Å². The Balaban J connectivity index is 1.91. The number of rotatable bonds is 4. The van der Waals surface area contributed by atoms with Crippen molar-refractivity contribution in [3.63, 3.8) is 0 Å². The number of carboxylic acid groups (broad SMARTS) is 1. The minimum Gasteiger partial charge on any atom is -0.480 e. The van der Waals surface area contributed by atoms with Gasteiger partial charge in [-0.1, -0.05) is 5.21 Å². The monoisotopic (exact) mass is 211 g/mol. The fourth-order valence-corrected chi connectivity index (χ4v) is 1.25. The Morgan fingerprint density at radius 3 is 2.73 bits per heavy atom. The van der Waals surface area contributed by atoms with Crippen LogP contribution in [0.3, 0.4) is 0 Å². The smallest absolute Gasteiger partial charge is 0.319 e. The van der Waals surface area contributed by atoms with Crippen molar-refractivity contribution in [3.05, 3.63) is 5.82 Å². The zero-order chi connectivity index (χ0) is 10.9. The number of hydrogen-bond acceptors (Lipinski definition) is 5. The van der Waals surface area contributed by atoms with Gasteiger partial charge in [-0.25, -0.2) is 0 Å². The molecule has 1 saturated carbocycles. The molecule has 1 aliphatic rings. The minimum atomic E-state index is -1.22. The van der Waals surface area contributed by atoms with E-state index in [4.69, 9.17) is 5.11 Å². The summed E-state index contributed by atoms with van der Waals surface area (Å²) in [6, 6.07) is 0. The van der Waals surface area contributed by atoms with Crippen LogP contribution in [0.1, 0.15) is 18.7 Å². The van der Waals surface area contributed by atoms with Gasteiger partial charge in [0.15, 0.2) is 5.82 Å². The van der Waals surface area contributed by atoms with Gasteiger partial charge in [-0.3, -0.25) is 9.59 Å². The predicted molar refractivity (Wildman–Crippen MR) is 45.3 cm³/mol. The van der Waals surface area contributed by atoms with Crippen LogP contribution in [-0.2, 0) is 16.1 Å². The van der Waals surface area contributed by atoms with Crippen molar-refractivity contribution in [1.29, 1.82) is 0 Å². The van der Waals surface area contributed by atoms with Gasteiger partial charge in [0.05, 0.1) is 6.54 Å². The number of carboxylic acids is 1. The van der Waals surface area contributed by atoms with Crippen LogP contribution < -0.4 is 5.32 Å². The van der Waals surface area contributed by atoms with Gasteiger partial charge >= 0.3 is 5.97 Å². The Labute approximate surface area is 84.1 Å². The molecule has 0 atom stereocenters. The lowest BCUT2D eigenvalue weighted by Crippen LogP contribution is -2.36. The molecule has 0 unspecified atom stereocenters. The molecule has 0 aromatic carbocycles. The van der Waals surface area contributed by atoms with Crippen LogP contribution in [0.15, 0.2) is 0 Å². The summed E-state index contributed by atoms with van der Waals surface area (Å²) in [6.07, 6.45) is 0.779. The Bertz CT molecular complexity index is 383. The number of aromatic nitrogens is 4. The molecule has 8 nitrogen and oxygen atoms in total. The molecule has 0 spiro atoms. The van der Waals surface area contributed by atoms with E-state index in [2.05, 4.69) is 25.9 Å². The van der Waals surface area contributed by atoms with Crippen molar-refractivity contribution in [1.82, 2.24) is 25.9 Å². The molecule has 1 aliphatic carbocycles. The lowest BCUT2D eigenvalue weighted by molar-refractivity contribution is -0.149. The van der Waals surface area contributed by atoms with E-state index in [-0.39, 0.29) is 6.54 Å². The van der Waals surface area contributed by atoms with Crippen LogP contribution in [0.4, 0.5) is 0 Å². The third-order valence-electron chi connectivity index (χ3n) is 2.39. The maximum atomic E-state index is 11.5. The van der Waals surface area contributed by atoms with Crippen LogP contribution in [-0.4, -0.2) is 37.6 Å². The fourth-order valence-electron chi connectivity index (χ4n) is 1.25. The second-order valence-corrected chi connectivity index (χ2v) is 3.40. The molecule has 0 bridgehead atoms. The van der Waals surface area contributed by atoms with E-state index in [0.717, 1.165) is 0 Å². The van der Waals surface area contributed by atoms with E-state index in [0.29, 0.717) is 18.7 Å². The molecule has 0 saturated heterocycles. The first-order valence-electron chi connectivity index (χ1n) is 4.39. The number of nitrogens with zero attached hydrogens (tertiary/aromatic N) is 3. The first kappa shape index (κ1) is 9.56. The molecule has 2 rings (SSSR count). The largest absolute Gasteiger partial charge is 0.480 e. The van der Waals surface area contributed by atoms with Crippen molar-refractivity contribution in [2.24, 2.45) is 5.41 Å². The molecule has 1 amide bonds. The van der Waals surface area contributed by atoms with Crippen LogP contribution >= 0.6 is 0 Å². The quantitative estimate of drug-likeness (QED) is 0.531. The molecular weight excluding hydrogens is 202 g/mol. The van der Waals surface area contributed by atoms with E-state index >= 15 is 0 Å². The number of amides is 1. The highest BCUT2D eigenvalue weighted by atomic mass is 16.4. The predicted octanol–water partition coefficient (Wildman–Crippen LogP) is -1.32. The topological polar surface area (TPSA) is 121 Å². The standard InChI is InChI=1S/C7H9N5O3/c13-5(7(1-2-7)6(14)15)8-3-4-9-11-12-10-4/h1-3H2,(H,8,13)(H,14,15)(H,9,10,11,12). The van der Waals surface area contributed by atoms with E-state index in [9.17, 15) is 9.59 Å². The van der Waals surface area contributed by atoms with Crippen LogP contribution in [0.25, 0.3) is 0 Å². The summed E-state index contributed by atoms with van der Waals surface area (Å²) in [7, 11) is 0. The van der Waals surface area contributed by atoms with Crippen LogP contribution in [0.5, 0.6) is 0 Å². The Hall–Kier alpha value is -1.99. The van der Waals surface area contributed by atoms with Crippen molar-refractivity contribution in [2.45, 2.75) is 19.4 Å².